The van der Waals surface area contributed by atoms with Crippen molar-refractivity contribution in [1.29, 1.82) is 0 Å². The first-order valence-electron chi connectivity index (χ1n) is 9.92. The molecule has 1 amide bonds. The summed E-state index contributed by atoms with van der Waals surface area (Å²) < 4.78 is 51.6. The molecule has 10 heteroatoms. The van der Waals surface area contributed by atoms with Crippen molar-refractivity contribution in [2.45, 2.75) is 37.5 Å². The van der Waals surface area contributed by atoms with Crippen molar-refractivity contribution in [3.8, 4) is 0 Å². The number of nitrogens with one attached hydrogen (secondary N) is 1. The van der Waals surface area contributed by atoms with Gasteiger partial charge in [0.1, 0.15) is 0 Å². The Bertz CT molecular complexity index is 910. The van der Waals surface area contributed by atoms with Gasteiger partial charge in [-0.15, -0.1) is 0 Å². The number of nitrogens with zero attached hydrogens (tertiary/aromatic N) is 2. The average Bonchev–Trinajstić information content (AvgIpc) is 2.68. The average molecular weight is 444 g/mol. The smallest absolute Gasteiger partial charge is 0.223 e. The molecule has 0 aliphatic carbocycles. The van der Waals surface area contributed by atoms with E-state index in [0.717, 1.165) is 12.0 Å². The lowest BCUT2D eigenvalue weighted by Gasteiger charge is -2.34. The van der Waals surface area contributed by atoms with E-state index in [1.54, 1.807) is 12.1 Å². The lowest BCUT2D eigenvalue weighted by Crippen LogP contribution is -2.51. The summed E-state index contributed by atoms with van der Waals surface area (Å²) in [5, 5.41) is 2.97. The van der Waals surface area contributed by atoms with Gasteiger partial charge in [0.05, 0.1) is 12.0 Å². The van der Waals surface area contributed by atoms with Gasteiger partial charge >= 0.3 is 0 Å². The maximum absolute atomic E-state index is 12.6. The minimum atomic E-state index is -3.41. The molecule has 3 rings (SSSR count). The topological polar surface area (TPSA) is 104 Å². The van der Waals surface area contributed by atoms with Crippen LogP contribution in [0.25, 0.3) is 0 Å². The Hall–Kier alpha value is -1.49. The van der Waals surface area contributed by atoms with Crippen LogP contribution in [0, 0.1) is 5.92 Å². The molecule has 2 aliphatic rings. The second kappa shape index (κ2) is 9.11. The highest BCUT2D eigenvalue weighted by atomic mass is 32.2. The van der Waals surface area contributed by atoms with Crippen LogP contribution in [-0.4, -0.2) is 69.8 Å². The summed E-state index contributed by atoms with van der Waals surface area (Å²) in [7, 11) is -6.67. The van der Waals surface area contributed by atoms with E-state index >= 15 is 0 Å². The molecule has 0 spiro atoms. The number of amides is 1. The van der Waals surface area contributed by atoms with Gasteiger partial charge in [-0.1, -0.05) is 30.3 Å². The van der Waals surface area contributed by atoms with Crippen LogP contribution in [-0.2, 0) is 30.6 Å². The Balaban J connectivity index is 1.50. The Labute approximate surface area is 173 Å². The lowest BCUT2D eigenvalue weighted by atomic mass is 9.96. The zero-order chi connectivity index (χ0) is 21.1. The molecule has 1 aromatic rings. The molecule has 2 saturated heterocycles. The quantitative estimate of drug-likeness (QED) is 0.699. The lowest BCUT2D eigenvalue weighted by molar-refractivity contribution is -0.127. The Kier molecular flexibility index (Phi) is 6.98. The highest BCUT2D eigenvalue weighted by Crippen LogP contribution is 2.23. The molecule has 2 fully saturated rings. The van der Waals surface area contributed by atoms with E-state index < -0.39 is 20.0 Å². The minimum Gasteiger partial charge on any atom is -0.352 e. The SMILES string of the molecule is CS(=O)(=O)N1CCCC(NC(=O)C2CCN(S(=O)(=O)Cc3ccccc3)CC2)C1. The van der Waals surface area contributed by atoms with Gasteiger partial charge in [-0.3, -0.25) is 4.79 Å². The molecule has 29 heavy (non-hydrogen) atoms. The van der Waals surface area contributed by atoms with Crippen molar-refractivity contribution in [2.24, 2.45) is 5.92 Å². The largest absolute Gasteiger partial charge is 0.352 e. The van der Waals surface area contributed by atoms with Gasteiger partial charge < -0.3 is 5.32 Å². The number of carbonyl (C=O) groups excluding carboxylic acids is 1. The van der Waals surface area contributed by atoms with Crippen molar-refractivity contribution >= 4 is 26.0 Å². The first-order valence-corrected chi connectivity index (χ1v) is 13.4. The predicted molar refractivity (Wildman–Crippen MR) is 111 cm³/mol. The van der Waals surface area contributed by atoms with Crippen LogP contribution in [0.3, 0.4) is 0 Å². The number of piperidine rings is 2. The van der Waals surface area contributed by atoms with Crippen LogP contribution in [0.4, 0.5) is 0 Å². The molecule has 1 aromatic carbocycles. The highest BCUT2D eigenvalue weighted by molar-refractivity contribution is 7.88. The van der Waals surface area contributed by atoms with Crippen molar-refractivity contribution < 1.29 is 21.6 Å². The number of sulfonamides is 2. The van der Waals surface area contributed by atoms with E-state index in [-0.39, 0.29) is 23.6 Å². The third kappa shape index (κ3) is 6.00. The van der Waals surface area contributed by atoms with Crippen molar-refractivity contribution in [1.82, 2.24) is 13.9 Å². The summed E-state index contributed by atoms with van der Waals surface area (Å²) in [6.45, 7) is 1.44. The maximum atomic E-state index is 12.6. The van der Waals surface area contributed by atoms with Crippen molar-refractivity contribution in [3.05, 3.63) is 35.9 Å². The molecular formula is C19H29N3O5S2. The molecule has 1 N–H and O–H groups in total. The van der Waals surface area contributed by atoms with Crippen LogP contribution in [0.2, 0.25) is 0 Å². The summed E-state index contributed by atoms with van der Waals surface area (Å²) in [5.41, 5.74) is 0.750. The van der Waals surface area contributed by atoms with Gasteiger partial charge in [-0.25, -0.2) is 25.4 Å². The van der Waals surface area contributed by atoms with Crippen LogP contribution < -0.4 is 5.32 Å². The molecule has 0 radical (unpaired) electrons. The number of rotatable bonds is 6. The molecule has 0 aromatic heterocycles. The molecular weight excluding hydrogens is 414 g/mol. The van der Waals surface area contributed by atoms with Gasteiger partial charge in [0.25, 0.3) is 0 Å². The third-order valence-electron chi connectivity index (χ3n) is 5.61. The Morgan fingerprint density at radius 3 is 2.28 bits per heavy atom. The Morgan fingerprint density at radius 1 is 1.00 bits per heavy atom. The van der Waals surface area contributed by atoms with Gasteiger partial charge in [0.2, 0.25) is 26.0 Å². The normalized spacial score (nSPS) is 23.0. The zero-order valence-corrected chi connectivity index (χ0v) is 18.3. The fraction of sp³-hybridized carbons (Fsp3) is 0.632. The molecule has 1 atom stereocenters. The van der Waals surface area contributed by atoms with Crippen LogP contribution in [0.5, 0.6) is 0 Å². The van der Waals surface area contributed by atoms with Gasteiger partial charge in [0, 0.05) is 38.1 Å². The zero-order valence-electron chi connectivity index (χ0n) is 16.7. The van der Waals surface area contributed by atoms with Gasteiger partial charge in [0.15, 0.2) is 0 Å². The van der Waals surface area contributed by atoms with Crippen LogP contribution in [0.15, 0.2) is 30.3 Å². The van der Waals surface area contributed by atoms with E-state index in [1.165, 1.54) is 14.9 Å². The van der Waals surface area contributed by atoms with E-state index in [2.05, 4.69) is 5.32 Å². The van der Waals surface area contributed by atoms with Crippen molar-refractivity contribution in [2.75, 3.05) is 32.4 Å². The predicted octanol–water partition coefficient (Wildman–Crippen LogP) is 0.769. The molecule has 162 valence electrons. The second-order valence-electron chi connectivity index (χ2n) is 7.88. The molecule has 0 saturated carbocycles. The summed E-state index contributed by atoms with van der Waals surface area (Å²) in [6, 6.07) is 8.88. The molecule has 2 heterocycles. The fourth-order valence-electron chi connectivity index (χ4n) is 3.95. The third-order valence-corrected chi connectivity index (χ3v) is 8.73. The first-order chi connectivity index (χ1) is 13.6. The van der Waals surface area contributed by atoms with Gasteiger partial charge in [-0.2, -0.15) is 0 Å². The molecule has 2 aliphatic heterocycles. The summed E-state index contributed by atoms with van der Waals surface area (Å²) in [5.74, 6) is -0.383. The highest BCUT2D eigenvalue weighted by Gasteiger charge is 2.33. The van der Waals surface area contributed by atoms with E-state index in [9.17, 15) is 21.6 Å². The minimum absolute atomic E-state index is 0.0336. The molecule has 8 nitrogen and oxygen atoms in total. The number of benzene rings is 1. The second-order valence-corrected chi connectivity index (χ2v) is 11.8. The van der Waals surface area contributed by atoms with Crippen molar-refractivity contribution in [3.63, 3.8) is 0 Å². The monoisotopic (exact) mass is 443 g/mol. The number of hydrogen-bond acceptors (Lipinski definition) is 5. The first kappa shape index (κ1) is 22.2. The van der Waals surface area contributed by atoms with E-state index in [0.29, 0.717) is 45.4 Å². The van der Waals surface area contributed by atoms with Gasteiger partial charge in [-0.05, 0) is 31.2 Å². The summed E-state index contributed by atoms with van der Waals surface area (Å²) >= 11 is 0. The number of carbonyl (C=O) groups is 1. The van der Waals surface area contributed by atoms with E-state index in [1.807, 2.05) is 18.2 Å². The van der Waals surface area contributed by atoms with Crippen LogP contribution in [0.1, 0.15) is 31.2 Å². The standard InChI is InChI=1S/C19H29N3O5S2/c1-28(24,25)22-11-5-8-18(14-22)20-19(23)17-9-12-21(13-10-17)29(26,27)15-16-6-3-2-4-7-16/h2-4,6-7,17-18H,5,8-15H2,1H3,(H,20,23). The fourth-order valence-corrected chi connectivity index (χ4v) is 6.43. The Morgan fingerprint density at radius 2 is 1.66 bits per heavy atom. The summed E-state index contributed by atoms with van der Waals surface area (Å²) in [4.78, 5) is 12.6. The van der Waals surface area contributed by atoms with Crippen LogP contribution >= 0.6 is 0 Å². The number of hydrogen-bond donors (Lipinski definition) is 1. The maximum Gasteiger partial charge on any atom is 0.223 e. The summed E-state index contributed by atoms with van der Waals surface area (Å²) in [6.07, 6.45) is 3.60. The molecule has 0 bridgehead atoms. The van der Waals surface area contributed by atoms with E-state index in [4.69, 9.17) is 0 Å². The molecule has 1 unspecified atom stereocenters.